The highest BCUT2D eigenvalue weighted by Gasteiger charge is 2.30. The highest BCUT2D eigenvalue weighted by Crippen LogP contribution is 2.22. The minimum absolute atomic E-state index is 0.328. The molecule has 0 unspecified atom stereocenters. The van der Waals surface area contributed by atoms with Gasteiger partial charge in [-0.05, 0) is 42.0 Å². The van der Waals surface area contributed by atoms with E-state index in [0.717, 1.165) is 12.1 Å². The molecular formula is C14H10F3N3O2. The van der Waals surface area contributed by atoms with Crippen LogP contribution >= 0.6 is 0 Å². The number of benzene rings is 1. The molecule has 1 aromatic heterocycles. The topological polar surface area (TPSA) is 63.6 Å². The van der Waals surface area contributed by atoms with Crippen LogP contribution in [0.15, 0.2) is 53.9 Å². The van der Waals surface area contributed by atoms with Crippen molar-refractivity contribution in [2.45, 2.75) is 6.36 Å². The van der Waals surface area contributed by atoms with Crippen molar-refractivity contribution in [2.24, 2.45) is 5.10 Å². The fourth-order valence-electron chi connectivity index (χ4n) is 1.49. The molecule has 2 rings (SSSR count). The van der Waals surface area contributed by atoms with Crippen LogP contribution in [0, 0.1) is 0 Å². The van der Waals surface area contributed by atoms with E-state index >= 15 is 0 Å². The predicted octanol–water partition coefficient (Wildman–Crippen LogP) is 2.74. The van der Waals surface area contributed by atoms with E-state index in [1.807, 2.05) is 0 Å². The summed E-state index contributed by atoms with van der Waals surface area (Å²) in [5, 5.41) is 3.71. The van der Waals surface area contributed by atoms with Crippen molar-refractivity contribution < 1.29 is 22.7 Å². The normalized spacial score (nSPS) is 11.4. The lowest BCUT2D eigenvalue weighted by Gasteiger charge is -2.08. The lowest BCUT2D eigenvalue weighted by Crippen LogP contribution is -2.17. The number of pyridine rings is 1. The quantitative estimate of drug-likeness (QED) is 0.697. The molecule has 22 heavy (non-hydrogen) atoms. The van der Waals surface area contributed by atoms with Gasteiger partial charge < -0.3 is 4.74 Å². The summed E-state index contributed by atoms with van der Waals surface area (Å²) in [6, 6.07) is 8.10. The first kappa shape index (κ1) is 15.5. The molecule has 1 N–H and O–H groups in total. The van der Waals surface area contributed by atoms with Crippen molar-refractivity contribution >= 4 is 12.1 Å². The van der Waals surface area contributed by atoms with Crippen LogP contribution in [0.2, 0.25) is 0 Å². The molecule has 0 aliphatic rings. The molecule has 5 nitrogen and oxygen atoms in total. The second-order valence-corrected chi connectivity index (χ2v) is 4.05. The molecule has 1 amide bonds. The Bertz CT molecular complexity index is 655. The summed E-state index contributed by atoms with van der Waals surface area (Å²) < 4.78 is 39.7. The second kappa shape index (κ2) is 6.70. The first-order valence-corrected chi connectivity index (χ1v) is 6.03. The van der Waals surface area contributed by atoms with E-state index in [1.54, 1.807) is 0 Å². The molecule has 0 saturated carbocycles. The van der Waals surface area contributed by atoms with Gasteiger partial charge in [0, 0.05) is 18.0 Å². The zero-order valence-electron chi connectivity index (χ0n) is 11.0. The van der Waals surface area contributed by atoms with Crippen LogP contribution in [0.3, 0.4) is 0 Å². The minimum Gasteiger partial charge on any atom is -0.406 e. The number of hydrogen-bond donors (Lipinski definition) is 1. The Morgan fingerprint density at radius 1 is 1.14 bits per heavy atom. The molecule has 0 saturated heterocycles. The average Bonchev–Trinajstić information content (AvgIpc) is 2.48. The van der Waals surface area contributed by atoms with Gasteiger partial charge in [0.2, 0.25) is 0 Å². The molecule has 1 aromatic carbocycles. The van der Waals surface area contributed by atoms with Crippen LogP contribution in [-0.4, -0.2) is 23.5 Å². The number of rotatable bonds is 4. The molecule has 2 aromatic rings. The molecule has 0 spiro atoms. The van der Waals surface area contributed by atoms with Crippen LogP contribution < -0.4 is 10.2 Å². The Kier molecular flexibility index (Phi) is 4.72. The summed E-state index contributed by atoms with van der Waals surface area (Å²) in [4.78, 5) is 15.4. The standard InChI is InChI=1S/C14H10F3N3O2/c15-14(16,17)22-12-3-1-10(2-4-12)9-19-20-13(21)11-5-7-18-8-6-11/h1-9H,(H,20,21). The van der Waals surface area contributed by atoms with E-state index in [4.69, 9.17) is 0 Å². The number of alkyl halides is 3. The minimum atomic E-state index is -4.73. The van der Waals surface area contributed by atoms with Gasteiger partial charge in [-0.15, -0.1) is 13.2 Å². The van der Waals surface area contributed by atoms with E-state index < -0.39 is 12.3 Å². The van der Waals surface area contributed by atoms with Crippen LogP contribution in [0.4, 0.5) is 13.2 Å². The van der Waals surface area contributed by atoms with Gasteiger partial charge in [-0.25, -0.2) is 5.43 Å². The summed E-state index contributed by atoms with van der Waals surface area (Å²) in [6.07, 6.45) is -0.486. The van der Waals surface area contributed by atoms with Crippen molar-refractivity contribution in [1.82, 2.24) is 10.4 Å². The largest absolute Gasteiger partial charge is 0.573 e. The fraction of sp³-hybridized carbons (Fsp3) is 0.0714. The SMILES string of the molecule is O=C(NN=Cc1ccc(OC(F)(F)F)cc1)c1ccncc1. The Balaban J connectivity index is 1.92. The third-order valence-electron chi connectivity index (χ3n) is 2.44. The average molecular weight is 309 g/mol. The van der Waals surface area contributed by atoms with Gasteiger partial charge in [0.05, 0.1) is 6.21 Å². The van der Waals surface area contributed by atoms with Crippen LogP contribution in [0.1, 0.15) is 15.9 Å². The maximum atomic E-state index is 12.0. The molecule has 0 aliphatic heterocycles. The second-order valence-electron chi connectivity index (χ2n) is 4.05. The van der Waals surface area contributed by atoms with E-state index in [1.165, 1.54) is 42.9 Å². The van der Waals surface area contributed by atoms with Gasteiger partial charge in [-0.1, -0.05) is 0 Å². The first-order chi connectivity index (χ1) is 10.4. The fourth-order valence-corrected chi connectivity index (χ4v) is 1.49. The smallest absolute Gasteiger partial charge is 0.406 e. The summed E-state index contributed by atoms with van der Waals surface area (Å²) >= 11 is 0. The number of hydrogen-bond acceptors (Lipinski definition) is 4. The Morgan fingerprint density at radius 3 is 2.36 bits per heavy atom. The number of hydrazone groups is 1. The van der Waals surface area contributed by atoms with Crippen molar-refractivity contribution in [3.05, 3.63) is 59.9 Å². The number of nitrogens with one attached hydrogen (secondary N) is 1. The third kappa shape index (κ3) is 4.89. The molecule has 0 bridgehead atoms. The van der Waals surface area contributed by atoms with E-state index in [-0.39, 0.29) is 5.75 Å². The van der Waals surface area contributed by atoms with Crippen molar-refractivity contribution in [2.75, 3.05) is 0 Å². The van der Waals surface area contributed by atoms with Gasteiger partial charge in [-0.2, -0.15) is 5.10 Å². The molecule has 0 aliphatic carbocycles. The van der Waals surface area contributed by atoms with Crippen LogP contribution in [-0.2, 0) is 0 Å². The first-order valence-electron chi connectivity index (χ1n) is 6.03. The highest BCUT2D eigenvalue weighted by molar-refractivity contribution is 5.94. The van der Waals surface area contributed by atoms with Crippen LogP contribution in [0.5, 0.6) is 5.75 Å². The Hall–Kier alpha value is -2.90. The van der Waals surface area contributed by atoms with E-state index in [2.05, 4.69) is 20.2 Å². The maximum Gasteiger partial charge on any atom is 0.573 e. The number of carbonyl (C=O) groups excluding carboxylic acids is 1. The number of carbonyl (C=O) groups is 1. The van der Waals surface area contributed by atoms with E-state index in [9.17, 15) is 18.0 Å². The number of amides is 1. The van der Waals surface area contributed by atoms with Crippen LogP contribution in [0.25, 0.3) is 0 Å². The molecule has 114 valence electrons. The monoisotopic (exact) mass is 309 g/mol. The zero-order valence-corrected chi connectivity index (χ0v) is 11.0. The number of halogens is 3. The third-order valence-corrected chi connectivity index (χ3v) is 2.44. The lowest BCUT2D eigenvalue weighted by molar-refractivity contribution is -0.274. The van der Waals surface area contributed by atoms with Crippen molar-refractivity contribution in [3.63, 3.8) is 0 Å². The van der Waals surface area contributed by atoms with Crippen molar-refractivity contribution in [1.29, 1.82) is 0 Å². The van der Waals surface area contributed by atoms with E-state index in [0.29, 0.717) is 11.1 Å². The predicted molar refractivity (Wildman–Crippen MR) is 72.4 cm³/mol. The Labute approximate surface area is 123 Å². The van der Waals surface area contributed by atoms with Gasteiger partial charge in [0.1, 0.15) is 5.75 Å². The van der Waals surface area contributed by atoms with Gasteiger partial charge in [0.15, 0.2) is 0 Å². The Morgan fingerprint density at radius 2 is 1.77 bits per heavy atom. The summed E-state index contributed by atoms with van der Waals surface area (Å²) in [5.74, 6) is -0.749. The number of nitrogens with zero attached hydrogens (tertiary/aromatic N) is 2. The summed E-state index contributed by atoms with van der Waals surface area (Å²) in [7, 11) is 0. The molecule has 0 fully saturated rings. The molecule has 0 radical (unpaired) electrons. The van der Waals surface area contributed by atoms with Gasteiger partial charge >= 0.3 is 6.36 Å². The van der Waals surface area contributed by atoms with Gasteiger partial charge in [0.25, 0.3) is 5.91 Å². The summed E-state index contributed by atoms with van der Waals surface area (Å²) in [6.45, 7) is 0. The molecule has 0 atom stereocenters. The lowest BCUT2D eigenvalue weighted by atomic mass is 10.2. The number of ether oxygens (including phenoxy) is 1. The molecule has 1 heterocycles. The maximum absolute atomic E-state index is 12.0. The molecular weight excluding hydrogens is 299 g/mol. The van der Waals surface area contributed by atoms with Gasteiger partial charge in [-0.3, -0.25) is 9.78 Å². The highest BCUT2D eigenvalue weighted by atomic mass is 19.4. The number of aromatic nitrogens is 1. The zero-order chi connectivity index (χ0) is 16.0. The molecule has 8 heteroatoms. The summed E-state index contributed by atoms with van der Waals surface area (Å²) in [5.41, 5.74) is 3.19. The van der Waals surface area contributed by atoms with Crippen molar-refractivity contribution in [3.8, 4) is 5.75 Å².